The zero-order valence-electron chi connectivity index (χ0n) is 10.1. The molecular formula is C13H15FN2OS. The number of nitrogens with two attached hydrogens (primary N) is 1. The molecule has 2 aromatic rings. The Balaban J connectivity index is 2.31. The molecule has 0 saturated carbocycles. The van der Waals surface area contributed by atoms with Crippen LogP contribution in [0.5, 0.6) is 0 Å². The summed E-state index contributed by atoms with van der Waals surface area (Å²) >= 11 is 1.32. The van der Waals surface area contributed by atoms with Gasteiger partial charge in [-0.25, -0.2) is 4.39 Å². The number of thiophene rings is 1. The van der Waals surface area contributed by atoms with Crippen LogP contribution in [-0.4, -0.2) is 19.0 Å². The molecule has 1 aromatic heterocycles. The van der Waals surface area contributed by atoms with E-state index in [1.165, 1.54) is 17.4 Å². The molecule has 1 heterocycles. The minimum atomic E-state index is -0.276. The summed E-state index contributed by atoms with van der Waals surface area (Å²) in [7, 11) is 0. The van der Waals surface area contributed by atoms with Crippen molar-refractivity contribution in [1.29, 1.82) is 0 Å². The zero-order chi connectivity index (χ0) is 13.1. The van der Waals surface area contributed by atoms with Crippen LogP contribution in [-0.2, 0) is 0 Å². The van der Waals surface area contributed by atoms with Gasteiger partial charge in [0.1, 0.15) is 5.82 Å². The first-order valence-corrected chi connectivity index (χ1v) is 6.62. The van der Waals surface area contributed by atoms with Crippen LogP contribution in [0.3, 0.4) is 0 Å². The fourth-order valence-corrected chi connectivity index (χ4v) is 2.99. The standard InChI is InChI=1S/C13H15FN2OS/c1-8-11-9(14)4-2-5-10(11)18-12(8)13(17)16-7-3-6-15/h2,4-5H,3,6-7,15H2,1H3,(H,16,17). The number of hydrogen-bond acceptors (Lipinski definition) is 3. The number of carbonyl (C=O) groups is 1. The van der Waals surface area contributed by atoms with Crippen molar-refractivity contribution >= 4 is 27.3 Å². The van der Waals surface area contributed by atoms with Gasteiger partial charge in [0.05, 0.1) is 4.88 Å². The monoisotopic (exact) mass is 266 g/mol. The molecule has 3 N–H and O–H groups in total. The third kappa shape index (κ3) is 2.37. The number of hydrogen-bond donors (Lipinski definition) is 2. The third-order valence-electron chi connectivity index (χ3n) is 2.78. The summed E-state index contributed by atoms with van der Waals surface area (Å²) in [4.78, 5) is 12.5. The highest BCUT2D eigenvalue weighted by Gasteiger charge is 2.17. The van der Waals surface area contributed by atoms with Crippen LogP contribution in [0.4, 0.5) is 4.39 Å². The Labute approximate surface area is 109 Å². The van der Waals surface area contributed by atoms with Crippen LogP contribution in [0, 0.1) is 12.7 Å². The maximum absolute atomic E-state index is 13.7. The summed E-state index contributed by atoms with van der Waals surface area (Å²) in [5.74, 6) is -0.427. The quantitative estimate of drug-likeness (QED) is 0.835. The fourth-order valence-electron chi connectivity index (χ4n) is 1.85. The molecule has 0 unspecified atom stereocenters. The number of carbonyl (C=O) groups excluding carboxylic acids is 1. The summed E-state index contributed by atoms with van der Waals surface area (Å²) in [6.45, 7) is 2.87. The van der Waals surface area contributed by atoms with Gasteiger partial charge in [0.15, 0.2) is 0 Å². The molecule has 0 aliphatic carbocycles. The van der Waals surface area contributed by atoms with E-state index in [9.17, 15) is 9.18 Å². The van der Waals surface area contributed by atoms with E-state index in [1.807, 2.05) is 6.07 Å². The summed E-state index contributed by atoms with van der Waals surface area (Å²) in [5, 5.41) is 3.34. The van der Waals surface area contributed by atoms with Crippen molar-refractivity contribution in [3.8, 4) is 0 Å². The van der Waals surface area contributed by atoms with Gasteiger partial charge in [0.25, 0.3) is 5.91 Å². The highest BCUT2D eigenvalue weighted by atomic mass is 32.1. The van der Waals surface area contributed by atoms with Crippen LogP contribution in [0.25, 0.3) is 10.1 Å². The number of amides is 1. The predicted molar refractivity (Wildman–Crippen MR) is 72.5 cm³/mol. The highest BCUT2D eigenvalue weighted by molar-refractivity contribution is 7.21. The van der Waals surface area contributed by atoms with E-state index in [2.05, 4.69) is 5.32 Å². The third-order valence-corrected chi connectivity index (χ3v) is 4.03. The summed E-state index contributed by atoms with van der Waals surface area (Å²) in [5.41, 5.74) is 6.07. The van der Waals surface area contributed by atoms with E-state index in [1.54, 1.807) is 13.0 Å². The van der Waals surface area contributed by atoms with Crippen molar-refractivity contribution in [2.75, 3.05) is 13.1 Å². The van der Waals surface area contributed by atoms with Crippen molar-refractivity contribution in [2.45, 2.75) is 13.3 Å². The molecule has 2 rings (SSSR count). The normalized spacial score (nSPS) is 10.8. The second-order valence-corrected chi connectivity index (χ2v) is 5.12. The van der Waals surface area contributed by atoms with Gasteiger partial charge in [0, 0.05) is 16.6 Å². The Bertz CT molecular complexity index is 580. The second kappa shape index (κ2) is 5.46. The number of halogens is 1. The maximum Gasteiger partial charge on any atom is 0.261 e. The minimum Gasteiger partial charge on any atom is -0.351 e. The molecule has 18 heavy (non-hydrogen) atoms. The molecule has 0 aliphatic rings. The number of nitrogens with one attached hydrogen (secondary N) is 1. The van der Waals surface area contributed by atoms with E-state index < -0.39 is 0 Å². The Morgan fingerprint density at radius 2 is 2.28 bits per heavy atom. The molecule has 1 aromatic carbocycles. The average Bonchev–Trinajstić information content (AvgIpc) is 2.68. The topological polar surface area (TPSA) is 55.1 Å². The van der Waals surface area contributed by atoms with E-state index in [0.717, 1.165) is 11.1 Å². The van der Waals surface area contributed by atoms with E-state index in [-0.39, 0.29) is 11.7 Å². The minimum absolute atomic E-state index is 0.151. The molecule has 0 bridgehead atoms. The zero-order valence-corrected chi connectivity index (χ0v) is 10.9. The molecule has 96 valence electrons. The second-order valence-electron chi connectivity index (χ2n) is 4.07. The Morgan fingerprint density at radius 1 is 1.50 bits per heavy atom. The molecule has 1 amide bonds. The Hall–Kier alpha value is -1.46. The van der Waals surface area contributed by atoms with Crippen LogP contribution in [0.15, 0.2) is 18.2 Å². The largest absolute Gasteiger partial charge is 0.351 e. The smallest absolute Gasteiger partial charge is 0.261 e. The Kier molecular flexibility index (Phi) is 3.93. The van der Waals surface area contributed by atoms with E-state index in [0.29, 0.717) is 28.9 Å². The molecule has 3 nitrogen and oxygen atoms in total. The number of benzene rings is 1. The number of aryl methyl sites for hydroxylation is 1. The lowest BCUT2D eigenvalue weighted by molar-refractivity contribution is 0.0957. The lowest BCUT2D eigenvalue weighted by atomic mass is 10.1. The average molecular weight is 266 g/mol. The molecule has 0 aliphatic heterocycles. The van der Waals surface area contributed by atoms with Gasteiger partial charge in [-0.3, -0.25) is 4.79 Å². The first-order chi connectivity index (χ1) is 8.65. The van der Waals surface area contributed by atoms with E-state index in [4.69, 9.17) is 5.73 Å². The lowest BCUT2D eigenvalue weighted by Crippen LogP contribution is -2.25. The molecule has 0 spiro atoms. The van der Waals surface area contributed by atoms with Gasteiger partial charge in [-0.15, -0.1) is 11.3 Å². The van der Waals surface area contributed by atoms with Gasteiger partial charge in [-0.2, -0.15) is 0 Å². The maximum atomic E-state index is 13.7. The molecule has 0 atom stereocenters. The first kappa shape index (κ1) is 13.0. The van der Waals surface area contributed by atoms with Crippen molar-refractivity contribution in [3.63, 3.8) is 0 Å². The highest BCUT2D eigenvalue weighted by Crippen LogP contribution is 2.32. The van der Waals surface area contributed by atoms with Gasteiger partial charge in [0.2, 0.25) is 0 Å². The van der Waals surface area contributed by atoms with Gasteiger partial charge in [-0.05, 0) is 37.6 Å². The van der Waals surface area contributed by atoms with Crippen molar-refractivity contribution < 1.29 is 9.18 Å². The van der Waals surface area contributed by atoms with Gasteiger partial charge < -0.3 is 11.1 Å². The molecular weight excluding hydrogens is 251 g/mol. The summed E-state index contributed by atoms with van der Waals surface area (Å²) < 4.78 is 14.5. The predicted octanol–water partition coefficient (Wildman–Crippen LogP) is 2.43. The van der Waals surface area contributed by atoms with Crippen molar-refractivity contribution in [3.05, 3.63) is 34.5 Å². The summed E-state index contributed by atoms with van der Waals surface area (Å²) in [6.07, 6.45) is 0.740. The number of fused-ring (bicyclic) bond motifs is 1. The summed E-state index contributed by atoms with van der Waals surface area (Å²) in [6, 6.07) is 4.90. The SMILES string of the molecule is Cc1c(C(=O)NCCCN)sc2cccc(F)c12. The van der Waals surface area contributed by atoms with Crippen LogP contribution in [0.2, 0.25) is 0 Å². The van der Waals surface area contributed by atoms with Crippen LogP contribution < -0.4 is 11.1 Å². The lowest BCUT2D eigenvalue weighted by Gasteiger charge is -2.02. The van der Waals surface area contributed by atoms with E-state index >= 15 is 0 Å². The molecule has 0 radical (unpaired) electrons. The van der Waals surface area contributed by atoms with Crippen molar-refractivity contribution in [2.24, 2.45) is 5.73 Å². The van der Waals surface area contributed by atoms with Crippen molar-refractivity contribution in [1.82, 2.24) is 5.32 Å². The van der Waals surface area contributed by atoms with Crippen LogP contribution >= 0.6 is 11.3 Å². The molecule has 0 saturated heterocycles. The fraction of sp³-hybridized carbons (Fsp3) is 0.308. The van der Waals surface area contributed by atoms with Gasteiger partial charge >= 0.3 is 0 Å². The Morgan fingerprint density at radius 3 is 2.94 bits per heavy atom. The molecule has 5 heteroatoms. The number of rotatable bonds is 4. The van der Waals surface area contributed by atoms with Crippen LogP contribution in [0.1, 0.15) is 21.7 Å². The molecule has 0 fully saturated rings. The first-order valence-electron chi connectivity index (χ1n) is 5.81. The van der Waals surface area contributed by atoms with Gasteiger partial charge in [-0.1, -0.05) is 6.07 Å².